The number of ether oxygens (including phenoxy) is 1. The summed E-state index contributed by atoms with van der Waals surface area (Å²) >= 11 is 1.71. The van der Waals surface area contributed by atoms with Crippen molar-refractivity contribution in [3.8, 4) is 0 Å². The molecule has 2 saturated heterocycles. The van der Waals surface area contributed by atoms with Crippen LogP contribution >= 0.6 is 11.3 Å². The largest absolute Gasteiger partial charge is 0.379 e. The van der Waals surface area contributed by atoms with E-state index in [1.807, 2.05) is 36.1 Å². The maximum absolute atomic E-state index is 12.8. The normalized spacial score (nSPS) is 18.7. The summed E-state index contributed by atoms with van der Waals surface area (Å²) in [7, 11) is 0. The molecule has 0 radical (unpaired) electrons. The third-order valence-electron chi connectivity index (χ3n) is 5.24. The average Bonchev–Trinajstić information content (AvgIpc) is 3.17. The fourth-order valence-electron chi connectivity index (χ4n) is 3.59. The van der Waals surface area contributed by atoms with E-state index in [0.29, 0.717) is 0 Å². The van der Waals surface area contributed by atoms with Crippen LogP contribution in [0.25, 0.3) is 0 Å². The Morgan fingerprint density at radius 1 is 1.11 bits per heavy atom. The number of benzene rings is 1. The molecule has 0 aliphatic carbocycles. The van der Waals surface area contributed by atoms with E-state index in [1.165, 1.54) is 0 Å². The Morgan fingerprint density at radius 2 is 1.85 bits per heavy atom. The number of morpholine rings is 1. The van der Waals surface area contributed by atoms with Crippen LogP contribution in [0.15, 0.2) is 29.6 Å². The summed E-state index contributed by atoms with van der Waals surface area (Å²) < 4.78 is 5.41. The SMILES string of the molecule is Cc1ccccc1C(=O)N1CCN(c2nc(CN3CCOCC3)cs2)CC1. The zero-order valence-electron chi connectivity index (χ0n) is 15.8. The number of hydrogen-bond acceptors (Lipinski definition) is 6. The molecule has 6 nitrogen and oxygen atoms in total. The molecule has 2 aliphatic heterocycles. The number of hydrogen-bond donors (Lipinski definition) is 0. The van der Waals surface area contributed by atoms with Crippen LogP contribution < -0.4 is 4.90 Å². The second-order valence-corrected chi connectivity index (χ2v) is 7.94. The third kappa shape index (κ3) is 4.31. The molecule has 2 aliphatic rings. The van der Waals surface area contributed by atoms with Crippen LogP contribution in [0.4, 0.5) is 5.13 Å². The first-order valence-electron chi connectivity index (χ1n) is 9.55. The lowest BCUT2D eigenvalue weighted by atomic mass is 10.1. The van der Waals surface area contributed by atoms with Crippen LogP contribution in [0, 0.1) is 6.92 Å². The number of aromatic nitrogens is 1. The van der Waals surface area contributed by atoms with Crippen LogP contribution in [0.2, 0.25) is 0 Å². The molecule has 1 aromatic carbocycles. The van der Waals surface area contributed by atoms with Gasteiger partial charge in [-0.3, -0.25) is 9.69 Å². The van der Waals surface area contributed by atoms with Gasteiger partial charge < -0.3 is 14.5 Å². The van der Waals surface area contributed by atoms with Crippen molar-refractivity contribution in [3.05, 3.63) is 46.5 Å². The van der Waals surface area contributed by atoms with Crippen molar-refractivity contribution in [1.82, 2.24) is 14.8 Å². The lowest BCUT2D eigenvalue weighted by Gasteiger charge is -2.34. The minimum absolute atomic E-state index is 0.139. The molecule has 0 bridgehead atoms. The van der Waals surface area contributed by atoms with Gasteiger partial charge in [0, 0.05) is 56.8 Å². The minimum Gasteiger partial charge on any atom is -0.379 e. The first-order chi connectivity index (χ1) is 13.2. The van der Waals surface area contributed by atoms with Crippen molar-refractivity contribution in [1.29, 1.82) is 0 Å². The van der Waals surface area contributed by atoms with Crippen LogP contribution in [0.5, 0.6) is 0 Å². The maximum Gasteiger partial charge on any atom is 0.254 e. The predicted octanol–water partition coefficient (Wildman–Crippen LogP) is 2.25. The van der Waals surface area contributed by atoms with E-state index in [1.54, 1.807) is 11.3 Å². The standard InChI is InChI=1S/C20H26N4O2S/c1-16-4-2-3-5-18(16)19(25)23-6-8-24(9-7-23)20-21-17(15-27-20)14-22-10-12-26-13-11-22/h2-5,15H,6-14H2,1H3. The van der Waals surface area contributed by atoms with Crippen molar-refractivity contribution in [2.75, 3.05) is 57.4 Å². The van der Waals surface area contributed by atoms with Crippen LogP contribution in [-0.2, 0) is 11.3 Å². The van der Waals surface area contributed by atoms with Gasteiger partial charge in [-0.1, -0.05) is 18.2 Å². The molecule has 144 valence electrons. The van der Waals surface area contributed by atoms with E-state index in [0.717, 1.165) is 81.0 Å². The van der Waals surface area contributed by atoms with Gasteiger partial charge in [0.2, 0.25) is 0 Å². The lowest BCUT2D eigenvalue weighted by Crippen LogP contribution is -2.49. The Morgan fingerprint density at radius 3 is 2.59 bits per heavy atom. The summed E-state index contributed by atoms with van der Waals surface area (Å²) in [5.74, 6) is 0.139. The second kappa shape index (κ2) is 8.37. The van der Waals surface area contributed by atoms with E-state index in [4.69, 9.17) is 9.72 Å². The quantitative estimate of drug-likeness (QED) is 0.807. The molecule has 0 spiro atoms. The Bertz CT molecular complexity index is 780. The molecule has 0 saturated carbocycles. The fourth-order valence-corrected chi connectivity index (χ4v) is 4.46. The average molecular weight is 387 g/mol. The predicted molar refractivity (Wildman–Crippen MR) is 108 cm³/mol. The number of carbonyl (C=O) groups excluding carboxylic acids is 1. The van der Waals surface area contributed by atoms with Crippen molar-refractivity contribution in [2.24, 2.45) is 0 Å². The van der Waals surface area contributed by atoms with Crippen LogP contribution in [0.1, 0.15) is 21.6 Å². The van der Waals surface area contributed by atoms with Gasteiger partial charge in [-0.2, -0.15) is 0 Å². The summed E-state index contributed by atoms with van der Waals surface area (Å²) in [5.41, 5.74) is 2.99. The molecule has 3 heterocycles. The number of aryl methyl sites for hydroxylation is 1. The molecular formula is C20H26N4O2S. The number of amides is 1. The first-order valence-corrected chi connectivity index (χ1v) is 10.4. The summed E-state index contributed by atoms with van der Waals surface area (Å²) in [6.07, 6.45) is 0. The monoisotopic (exact) mass is 386 g/mol. The number of rotatable bonds is 4. The van der Waals surface area contributed by atoms with E-state index in [9.17, 15) is 4.79 Å². The highest BCUT2D eigenvalue weighted by molar-refractivity contribution is 7.13. The van der Waals surface area contributed by atoms with Gasteiger partial charge in [0.05, 0.1) is 18.9 Å². The molecular weight excluding hydrogens is 360 g/mol. The van der Waals surface area contributed by atoms with Crippen molar-refractivity contribution in [2.45, 2.75) is 13.5 Å². The van der Waals surface area contributed by atoms with Crippen molar-refractivity contribution in [3.63, 3.8) is 0 Å². The summed E-state index contributed by atoms with van der Waals surface area (Å²) in [5, 5.41) is 3.23. The number of piperazine rings is 1. The summed E-state index contributed by atoms with van der Waals surface area (Å²) in [6, 6.07) is 7.82. The van der Waals surface area contributed by atoms with Gasteiger partial charge in [0.25, 0.3) is 5.91 Å². The summed E-state index contributed by atoms with van der Waals surface area (Å²) in [4.78, 5) is 24.2. The highest BCUT2D eigenvalue weighted by atomic mass is 32.1. The minimum atomic E-state index is 0.139. The third-order valence-corrected chi connectivity index (χ3v) is 6.19. The smallest absolute Gasteiger partial charge is 0.254 e. The zero-order valence-corrected chi connectivity index (χ0v) is 16.6. The second-order valence-electron chi connectivity index (χ2n) is 7.10. The van der Waals surface area contributed by atoms with Crippen molar-refractivity contribution < 1.29 is 9.53 Å². The van der Waals surface area contributed by atoms with Crippen molar-refractivity contribution >= 4 is 22.4 Å². The number of anilines is 1. The highest BCUT2D eigenvalue weighted by Crippen LogP contribution is 2.23. The number of thiazole rings is 1. The Kier molecular flexibility index (Phi) is 5.71. The van der Waals surface area contributed by atoms with E-state index in [-0.39, 0.29) is 5.91 Å². The highest BCUT2D eigenvalue weighted by Gasteiger charge is 2.24. The molecule has 1 amide bonds. The molecule has 27 heavy (non-hydrogen) atoms. The molecule has 0 N–H and O–H groups in total. The molecule has 7 heteroatoms. The maximum atomic E-state index is 12.8. The van der Waals surface area contributed by atoms with Gasteiger partial charge in [-0.15, -0.1) is 11.3 Å². The Labute approximate surface area is 164 Å². The van der Waals surface area contributed by atoms with E-state index < -0.39 is 0 Å². The molecule has 2 aromatic rings. The Balaban J connectivity index is 1.33. The topological polar surface area (TPSA) is 48.9 Å². The first kappa shape index (κ1) is 18.4. The number of carbonyl (C=O) groups is 1. The van der Waals surface area contributed by atoms with Gasteiger partial charge in [0.1, 0.15) is 0 Å². The fraction of sp³-hybridized carbons (Fsp3) is 0.500. The molecule has 0 unspecified atom stereocenters. The zero-order chi connectivity index (χ0) is 18.6. The van der Waals surface area contributed by atoms with Crippen LogP contribution in [-0.4, -0.2) is 73.2 Å². The van der Waals surface area contributed by atoms with E-state index in [2.05, 4.69) is 15.2 Å². The summed E-state index contributed by atoms with van der Waals surface area (Å²) in [6.45, 7) is 9.63. The number of nitrogens with zero attached hydrogens (tertiary/aromatic N) is 4. The van der Waals surface area contributed by atoms with Gasteiger partial charge >= 0.3 is 0 Å². The van der Waals surface area contributed by atoms with Gasteiger partial charge in [-0.05, 0) is 18.6 Å². The lowest BCUT2D eigenvalue weighted by molar-refractivity contribution is 0.0337. The molecule has 4 rings (SSSR count). The van der Waals surface area contributed by atoms with Gasteiger partial charge in [-0.25, -0.2) is 4.98 Å². The van der Waals surface area contributed by atoms with Crippen LogP contribution in [0.3, 0.4) is 0 Å². The molecule has 0 atom stereocenters. The molecule has 2 fully saturated rings. The Hall–Kier alpha value is -1.96. The molecule has 1 aromatic heterocycles. The van der Waals surface area contributed by atoms with Gasteiger partial charge in [0.15, 0.2) is 5.13 Å². The van der Waals surface area contributed by atoms with E-state index >= 15 is 0 Å².